The predicted octanol–water partition coefficient (Wildman–Crippen LogP) is 3.55. The standard InChI is InChI=1S/C19H29F2N3O2/c1-14-5-4-10-24(12-14)15(2)11-22-19(25)23(3)13-16-6-8-17(9-7-16)26-18(20)21/h6-9,14-15,18H,4-5,10-13H2,1-3H3,(H,22,25). The fraction of sp³-hybridized carbons (Fsp3) is 0.632. The first-order chi connectivity index (χ1) is 12.3. The molecule has 0 aliphatic carbocycles. The fourth-order valence-electron chi connectivity index (χ4n) is 3.25. The molecule has 1 saturated heterocycles. The van der Waals surface area contributed by atoms with E-state index in [-0.39, 0.29) is 11.8 Å². The molecule has 2 rings (SSSR count). The fourth-order valence-corrected chi connectivity index (χ4v) is 3.25. The third-order valence-electron chi connectivity index (χ3n) is 4.78. The number of halogens is 2. The van der Waals surface area contributed by atoms with Crippen molar-refractivity contribution in [3.63, 3.8) is 0 Å². The topological polar surface area (TPSA) is 44.8 Å². The zero-order valence-corrected chi connectivity index (χ0v) is 15.8. The molecule has 1 heterocycles. The number of piperidine rings is 1. The minimum atomic E-state index is -2.83. The van der Waals surface area contributed by atoms with Gasteiger partial charge in [0.15, 0.2) is 0 Å². The number of carbonyl (C=O) groups excluding carboxylic acids is 1. The van der Waals surface area contributed by atoms with Crippen LogP contribution < -0.4 is 10.1 Å². The Bertz CT molecular complexity index is 568. The molecule has 2 atom stereocenters. The Hall–Kier alpha value is -1.89. The number of carbonyl (C=O) groups is 1. The van der Waals surface area contributed by atoms with Gasteiger partial charge < -0.3 is 15.0 Å². The van der Waals surface area contributed by atoms with Crippen LogP contribution in [0.5, 0.6) is 5.75 Å². The molecule has 1 aliphatic rings. The Morgan fingerprint density at radius 1 is 1.38 bits per heavy atom. The van der Waals surface area contributed by atoms with Crippen LogP contribution in [0.4, 0.5) is 13.6 Å². The van der Waals surface area contributed by atoms with Gasteiger partial charge in [-0.05, 0) is 49.9 Å². The Balaban J connectivity index is 1.76. The molecule has 5 nitrogen and oxygen atoms in total. The van der Waals surface area contributed by atoms with Crippen molar-refractivity contribution in [2.24, 2.45) is 5.92 Å². The lowest BCUT2D eigenvalue weighted by Crippen LogP contribution is -2.48. The average molecular weight is 369 g/mol. The summed E-state index contributed by atoms with van der Waals surface area (Å²) in [5.41, 5.74) is 0.849. The summed E-state index contributed by atoms with van der Waals surface area (Å²) in [5.74, 6) is 0.821. The van der Waals surface area contributed by atoms with Gasteiger partial charge in [-0.2, -0.15) is 8.78 Å². The van der Waals surface area contributed by atoms with Crippen LogP contribution in [0.1, 0.15) is 32.3 Å². The van der Waals surface area contributed by atoms with E-state index in [1.54, 1.807) is 24.1 Å². The van der Waals surface area contributed by atoms with E-state index in [1.807, 2.05) is 0 Å². The first-order valence-electron chi connectivity index (χ1n) is 9.12. The third-order valence-corrected chi connectivity index (χ3v) is 4.78. The molecular weight excluding hydrogens is 340 g/mol. The summed E-state index contributed by atoms with van der Waals surface area (Å²) < 4.78 is 28.6. The lowest BCUT2D eigenvalue weighted by molar-refractivity contribution is -0.0498. The van der Waals surface area contributed by atoms with E-state index in [1.165, 1.54) is 25.0 Å². The van der Waals surface area contributed by atoms with Crippen molar-refractivity contribution in [1.29, 1.82) is 0 Å². The molecule has 1 aromatic rings. The summed E-state index contributed by atoms with van der Waals surface area (Å²) in [6.07, 6.45) is 2.49. The number of ether oxygens (including phenoxy) is 1. The largest absolute Gasteiger partial charge is 0.435 e. The van der Waals surface area contributed by atoms with Gasteiger partial charge in [0, 0.05) is 32.7 Å². The Morgan fingerprint density at radius 3 is 2.69 bits per heavy atom. The summed E-state index contributed by atoms with van der Waals surface area (Å²) in [4.78, 5) is 16.3. The summed E-state index contributed by atoms with van der Waals surface area (Å²) >= 11 is 0. The highest BCUT2D eigenvalue weighted by molar-refractivity contribution is 5.73. The summed E-state index contributed by atoms with van der Waals surface area (Å²) in [5, 5.41) is 2.97. The second-order valence-corrected chi connectivity index (χ2v) is 7.16. The maximum absolute atomic E-state index is 12.3. The van der Waals surface area contributed by atoms with Gasteiger partial charge in [0.1, 0.15) is 5.75 Å². The van der Waals surface area contributed by atoms with Crippen molar-refractivity contribution < 1.29 is 18.3 Å². The van der Waals surface area contributed by atoms with E-state index in [0.29, 0.717) is 25.0 Å². The van der Waals surface area contributed by atoms with E-state index in [9.17, 15) is 13.6 Å². The van der Waals surface area contributed by atoms with Crippen LogP contribution in [0, 0.1) is 5.92 Å². The number of alkyl halides is 2. The van der Waals surface area contributed by atoms with Crippen molar-refractivity contribution in [3.05, 3.63) is 29.8 Å². The first kappa shape index (κ1) is 20.4. The van der Waals surface area contributed by atoms with Gasteiger partial charge in [-0.25, -0.2) is 4.79 Å². The second kappa shape index (κ2) is 9.71. The number of hydrogen-bond acceptors (Lipinski definition) is 3. The van der Waals surface area contributed by atoms with E-state index < -0.39 is 6.61 Å². The van der Waals surface area contributed by atoms with Crippen LogP contribution >= 0.6 is 0 Å². The van der Waals surface area contributed by atoms with Gasteiger partial charge in [0.05, 0.1) is 0 Å². The highest BCUT2D eigenvalue weighted by atomic mass is 19.3. The number of hydrogen-bond donors (Lipinski definition) is 1. The molecular formula is C19H29F2N3O2. The van der Waals surface area contributed by atoms with Gasteiger partial charge >= 0.3 is 12.6 Å². The molecule has 2 amide bonds. The number of nitrogens with one attached hydrogen (secondary N) is 1. The molecule has 1 aromatic carbocycles. The van der Waals surface area contributed by atoms with Crippen molar-refractivity contribution in [2.75, 3.05) is 26.7 Å². The Labute approximate surface area is 154 Å². The van der Waals surface area contributed by atoms with Crippen LogP contribution in [0.15, 0.2) is 24.3 Å². The smallest absolute Gasteiger partial charge is 0.387 e. The quantitative estimate of drug-likeness (QED) is 0.799. The van der Waals surface area contributed by atoms with E-state index in [0.717, 1.165) is 18.7 Å². The molecule has 0 radical (unpaired) electrons. The Morgan fingerprint density at radius 2 is 2.08 bits per heavy atom. The van der Waals surface area contributed by atoms with Gasteiger partial charge in [0.2, 0.25) is 0 Å². The predicted molar refractivity (Wildman–Crippen MR) is 97.4 cm³/mol. The number of amides is 2. The highest BCUT2D eigenvalue weighted by Gasteiger charge is 2.21. The number of rotatable bonds is 7. The molecule has 0 saturated carbocycles. The first-order valence-corrected chi connectivity index (χ1v) is 9.12. The van der Waals surface area contributed by atoms with Crippen molar-refractivity contribution in [3.8, 4) is 5.75 Å². The maximum atomic E-state index is 12.3. The van der Waals surface area contributed by atoms with E-state index in [4.69, 9.17) is 0 Å². The number of likely N-dealkylation sites (tertiary alicyclic amines) is 1. The van der Waals surface area contributed by atoms with Crippen molar-refractivity contribution in [2.45, 2.75) is 45.9 Å². The van der Waals surface area contributed by atoms with Gasteiger partial charge in [-0.3, -0.25) is 4.90 Å². The molecule has 1 fully saturated rings. The molecule has 2 unspecified atom stereocenters. The number of nitrogens with zero attached hydrogens (tertiary/aromatic N) is 2. The average Bonchev–Trinajstić information content (AvgIpc) is 2.60. The lowest BCUT2D eigenvalue weighted by Gasteiger charge is -2.35. The van der Waals surface area contributed by atoms with Crippen LogP contribution in [-0.2, 0) is 6.54 Å². The van der Waals surface area contributed by atoms with Crippen molar-refractivity contribution in [1.82, 2.24) is 15.1 Å². The van der Waals surface area contributed by atoms with Crippen molar-refractivity contribution >= 4 is 6.03 Å². The molecule has 146 valence electrons. The highest BCUT2D eigenvalue weighted by Crippen LogP contribution is 2.18. The lowest BCUT2D eigenvalue weighted by atomic mass is 9.99. The minimum absolute atomic E-state index is 0.112. The van der Waals surface area contributed by atoms with Crippen LogP contribution in [0.2, 0.25) is 0 Å². The van der Waals surface area contributed by atoms with Gasteiger partial charge in [0.25, 0.3) is 0 Å². The number of urea groups is 1. The zero-order chi connectivity index (χ0) is 19.1. The Kier molecular flexibility index (Phi) is 7.63. The molecule has 0 aromatic heterocycles. The molecule has 1 N–H and O–H groups in total. The monoisotopic (exact) mass is 369 g/mol. The molecule has 7 heteroatoms. The molecule has 26 heavy (non-hydrogen) atoms. The van der Waals surface area contributed by atoms with E-state index >= 15 is 0 Å². The van der Waals surface area contributed by atoms with Crippen LogP contribution in [-0.4, -0.2) is 55.2 Å². The summed E-state index contributed by atoms with van der Waals surface area (Å²) in [6, 6.07) is 6.48. The summed E-state index contributed by atoms with van der Waals surface area (Å²) in [7, 11) is 1.71. The minimum Gasteiger partial charge on any atom is -0.435 e. The molecule has 0 bridgehead atoms. The normalized spacial score (nSPS) is 19.2. The zero-order valence-electron chi connectivity index (χ0n) is 15.8. The second-order valence-electron chi connectivity index (χ2n) is 7.16. The maximum Gasteiger partial charge on any atom is 0.387 e. The SMILES string of the molecule is CC1CCCN(C(C)CNC(=O)N(C)Cc2ccc(OC(F)F)cc2)C1. The van der Waals surface area contributed by atoms with E-state index in [2.05, 4.69) is 28.8 Å². The van der Waals surface area contributed by atoms with Gasteiger partial charge in [-0.1, -0.05) is 19.1 Å². The molecule has 0 spiro atoms. The van der Waals surface area contributed by atoms with Crippen LogP contribution in [0.3, 0.4) is 0 Å². The van der Waals surface area contributed by atoms with Gasteiger partial charge in [-0.15, -0.1) is 0 Å². The van der Waals surface area contributed by atoms with Crippen LogP contribution in [0.25, 0.3) is 0 Å². The third kappa shape index (κ3) is 6.44. The molecule has 1 aliphatic heterocycles. The number of benzene rings is 1. The summed E-state index contributed by atoms with van der Waals surface area (Å²) in [6.45, 7) is 4.75.